The van der Waals surface area contributed by atoms with Crippen LogP contribution in [-0.4, -0.2) is 6.54 Å². The van der Waals surface area contributed by atoms with Crippen LogP contribution in [0.4, 0.5) is 4.39 Å². The summed E-state index contributed by atoms with van der Waals surface area (Å²) in [6.45, 7) is 0.288. The predicted octanol–water partition coefficient (Wildman–Crippen LogP) is 2.59. The average Bonchev–Trinajstić information content (AvgIpc) is 2.52. The van der Waals surface area contributed by atoms with E-state index in [1.807, 2.05) is 12.1 Å². The molecular formula is C17H13FN2O. The summed E-state index contributed by atoms with van der Waals surface area (Å²) >= 11 is 0. The van der Waals surface area contributed by atoms with Gasteiger partial charge in [-0.15, -0.1) is 0 Å². The van der Waals surface area contributed by atoms with Crippen LogP contribution in [0.3, 0.4) is 0 Å². The Balaban J connectivity index is 2.20. The van der Waals surface area contributed by atoms with Crippen molar-refractivity contribution in [1.29, 1.82) is 5.26 Å². The fourth-order valence-corrected chi connectivity index (χ4v) is 1.78. The molecule has 21 heavy (non-hydrogen) atoms. The molecule has 2 N–H and O–H groups in total. The number of nitrogens with zero attached hydrogens (tertiary/aromatic N) is 1. The van der Waals surface area contributed by atoms with E-state index in [1.54, 1.807) is 30.3 Å². The van der Waals surface area contributed by atoms with Gasteiger partial charge in [0.2, 0.25) is 0 Å². The Morgan fingerprint density at radius 2 is 1.86 bits per heavy atom. The van der Waals surface area contributed by atoms with E-state index in [0.29, 0.717) is 16.9 Å². The summed E-state index contributed by atoms with van der Waals surface area (Å²) < 4.78 is 19.5. The fraction of sp³-hybridized carbons (Fsp3) is 0.118. The van der Waals surface area contributed by atoms with Gasteiger partial charge < -0.3 is 10.5 Å². The lowest BCUT2D eigenvalue weighted by atomic mass is 10.1. The van der Waals surface area contributed by atoms with Crippen LogP contribution in [0.2, 0.25) is 0 Å². The van der Waals surface area contributed by atoms with Crippen molar-refractivity contribution in [2.24, 2.45) is 5.73 Å². The zero-order valence-corrected chi connectivity index (χ0v) is 11.3. The second-order valence-electron chi connectivity index (χ2n) is 4.18. The molecule has 0 bridgehead atoms. The Hall–Kier alpha value is -2.82. The second-order valence-corrected chi connectivity index (χ2v) is 4.18. The standard InChI is InChI=1S/C17H13FN2O/c18-17-14(11-20)6-3-7-15(17)12-21-16-9-2-1-5-13(16)8-4-10-19/h1-3,5-7,9H,10,12,19H2. The Morgan fingerprint density at radius 1 is 1.10 bits per heavy atom. The maximum Gasteiger partial charge on any atom is 0.147 e. The van der Waals surface area contributed by atoms with Crippen molar-refractivity contribution in [3.05, 3.63) is 65.0 Å². The molecule has 0 amide bonds. The van der Waals surface area contributed by atoms with Gasteiger partial charge in [0, 0.05) is 5.56 Å². The first-order valence-corrected chi connectivity index (χ1v) is 6.34. The average molecular weight is 280 g/mol. The largest absolute Gasteiger partial charge is 0.487 e. The molecule has 0 aromatic heterocycles. The minimum atomic E-state index is -0.550. The molecule has 3 nitrogen and oxygen atoms in total. The second kappa shape index (κ2) is 7.09. The SMILES string of the molecule is N#Cc1cccc(COc2ccccc2C#CCN)c1F. The van der Waals surface area contributed by atoms with Gasteiger partial charge in [-0.2, -0.15) is 5.26 Å². The molecule has 0 fully saturated rings. The first-order valence-electron chi connectivity index (χ1n) is 6.34. The number of hydrogen-bond donors (Lipinski definition) is 1. The summed E-state index contributed by atoms with van der Waals surface area (Å²) in [7, 11) is 0. The number of benzene rings is 2. The molecule has 104 valence electrons. The van der Waals surface area contributed by atoms with Crippen LogP contribution in [0.1, 0.15) is 16.7 Å². The minimum Gasteiger partial charge on any atom is -0.487 e. The molecule has 4 heteroatoms. The highest BCUT2D eigenvalue weighted by molar-refractivity contribution is 5.46. The first kappa shape index (κ1) is 14.6. The molecular weight excluding hydrogens is 267 g/mol. The van der Waals surface area contributed by atoms with E-state index >= 15 is 0 Å². The number of hydrogen-bond acceptors (Lipinski definition) is 3. The van der Waals surface area contributed by atoms with E-state index in [9.17, 15) is 4.39 Å². The molecule has 0 heterocycles. The maximum atomic E-state index is 13.9. The third-order valence-corrected chi connectivity index (χ3v) is 2.79. The quantitative estimate of drug-likeness (QED) is 0.879. The lowest BCUT2D eigenvalue weighted by Crippen LogP contribution is -2.01. The number of nitrogens with two attached hydrogens (primary N) is 1. The van der Waals surface area contributed by atoms with Crippen LogP contribution < -0.4 is 10.5 Å². The smallest absolute Gasteiger partial charge is 0.147 e. The zero-order valence-electron chi connectivity index (χ0n) is 11.3. The molecule has 0 unspecified atom stereocenters. The normalized spacial score (nSPS) is 9.38. The van der Waals surface area contributed by atoms with E-state index in [2.05, 4.69) is 11.8 Å². The van der Waals surface area contributed by atoms with Gasteiger partial charge in [0.15, 0.2) is 0 Å². The van der Waals surface area contributed by atoms with Gasteiger partial charge in [0.25, 0.3) is 0 Å². The van der Waals surface area contributed by atoms with Gasteiger partial charge in [0.05, 0.1) is 17.7 Å². The van der Waals surface area contributed by atoms with Crippen molar-refractivity contribution in [2.45, 2.75) is 6.61 Å². The molecule has 0 spiro atoms. The van der Waals surface area contributed by atoms with Gasteiger partial charge in [0.1, 0.15) is 24.2 Å². The van der Waals surface area contributed by atoms with Gasteiger partial charge in [-0.25, -0.2) is 4.39 Å². The monoisotopic (exact) mass is 280 g/mol. The summed E-state index contributed by atoms with van der Waals surface area (Å²) in [5.74, 6) is 5.66. The minimum absolute atomic E-state index is 0.00677. The van der Waals surface area contributed by atoms with Gasteiger partial charge in [-0.1, -0.05) is 36.1 Å². The molecule has 0 aliphatic heterocycles. The topological polar surface area (TPSA) is 59.0 Å². The Morgan fingerprint density at radius 3 is 2.62 bits per heavy atom. The van der Waals surface area contributed by atoms with Crippen LogP contribution >= 0.6 is 0 Å². The highest BCUT2D eigenvalue weighted by Crippen LogP contribution is 2.20. The molecule has 2 rings (SSSR count). The van der Waals surface area contributed by atoms with E-state index in [4.69, 9.17) is 15.7 Å². The van der Waals surface area contributed by atoms with Crippen molar-refractivity contribution in [2.75, 3.05) is 6.54 Å². The molecule has 2 aromatic rings. The predicted molar refractivity (Wildman–Crippen MR) is 77.8 cm³/mol. The highest BCUT2D eigenvalue weighted by Gasteiger charge is 2.09. The van der Waals surface area contributed by atoms with Crippen LogP contribution in [0.15, 0.2) is 42.5 Å². The third-order valence-electron chi connectivity index (χ3n) is 2.79. The lowest BCUT2D eigenvalue weighted by Gasteiger charge is -2.09. The number of para-hydroxylation sites is 1. The molecule has 0 aliphatic rings. The number of nitriles is 1. The maximum absolute atomic E-state index is 13.9. The summed E-state index contributed by atoms with van der Waals surface area (Å²) in [5, 5.41) is 8.81. The third kappa shape index (κ3) is 3.60. The van der Waals surface area contributed by atoms with Gasteiger partial charge in [-0.05, 0) is 18.2 Å². The lowest BCUT2D eigenvalue weighted by molar-refractivity contribution is 0.299. The molecule has 0 atom stereocenters. The van der Waals surface area contributed by atoms with Crippen molar-refractivity contribution >= 4 is 0 Å². The molecule has 0 radical (unpaired) electrons. The van der Waals surface area contributed by atoms with Crippen molar-refractivity contribution in [3.63, 3.8) is 0 Å². The number of ether oxygens (including phenoxy) is 1. The number of halogens is 1. The van der Waals surface area contributed by atoms with Crippen LogP contribution in [0.25, 0.3) is 0 Å². The summed E-state index contributed by atoms with van der Waals surface area (Å²) in [5.41, 5.74) is 6.38. The van der Waals surface area contributed by atoms with E-state index < -0.39 is 5.82 Å². The van der Waals surface area contributed by atoms with Crippen LogP contribution in [-0.2, 0) is 6.61 Å². The van der Waals surface area contributed by atoms with Crippen molar-refractivity contribution in [3.8, 4) is 23.7 Å². The molecule has 0 aliphatic carbocycles. The van der Waals surface area contributed by atoms with Crippen molar-refractivity contribution < 1.29 is 9.13 Å². The van der Waals surface area contributed by atoms with Gasteiger partial charge >= 0.3 is 0 Å². The molecule has 2 aromatic carbocycles. The summed E-state index contributed by atoms with van der Waals surface area (Å²) in [4.78, 5) is 0. The van der Waals surface area contributed by atoms with E-state index in [0.717, 1.165) is 0 Å². The first-order chi connectivity index (χ1) is 10.3. The zero-order chi connectivity index (χ0) is 15.1. The highest BCUT2D eigenvalue weighted by atomic mass is 19.1. The van der Waals surface area contributed by atoms with Crippen molar-refractivity contribution in [1.82, 2.24) is 0 Å². The van der Waals surface area contributed by atoms with Crippen LogP contribution in [0.5, 0.6) is 5.75 Å². The Labute approximate surface area is 122 Å². The van der Waals surface area contributed by atoms with E-state index in [1.165, 1.54) is 6.07 Å². The molecule has 0 saturated carbocycles. The fourth-order valence-electron chi connectivity index (χ4n) is 1.78. The van der Waals surface area contributed by atoms with E-state index in [-0.39, 0.29) is 18.7 Å². The Bertz CT molecular complexity index is 738. The Kier molecular flexibility index (Phi) is 4.93. The summed E-state index contributed by atoms with van der Waals surface area (Å²) in [6, 6.07) is 13.7. The van der Waals surface area contributed by atoms with Gasteiger partial charge in [-0.3, -0.25) is 0 Å². The molecule has 0 saturated heterocycles. The summed E-state index contributed by atoms with van der Waals surface area (Å²) in [6.07, 6.45) is 0. The number of rotatable bonds is 3. The van der Waals surface area contributed by atoms with Crippen LogP contribution in [0, 0.1) is 29.0 Å².